The molecule has 0 radical (unpaired) electrons. The number of fused-ring (bicyclic) bond motifs is 2. The quantitative estimate of drug-likeness (QED) is 0.828. The lowest BCUT2D eigenvalue weighted by molar-refractivity contribution is -0.137. The van der Waals surface area contributed by atoms with Crippen LogP contribution < -0.4 is 5.32 Å². The highest BCUT2D eigenvalue weighted by molar-refractivity contribution is 5.89. The molecule has 2 aromatic rings. The standard InChI is InChI=1S/C25H33N3O2/c1-18(2)24(25(30)28-14-6-13-27-12-5-9-22(27)17-28)26-23(29)16-19-10-11-20-7-3-4-8-21(20)15-19/h3-4,7-8,10-11,15,18,22,24H,5-6,9,12-14,16-17H2,1-2H3,(H,26,29)/t22-,24-/m1/s1. The highest BCUT2D eigenvalue weighted by Crippen LogP contribution is 2.22. The van der Waals surface area contributed by atoms with E-state index in [1.54, 1.807) is 0 Å². The SMILES string of the molecule is CC(C)[C@@H](NC(=O)Cc1ccc2ccccc2c1)C(=O)N1CCCN2CCC[C@@H]2C1. The Hall–Kier alpha value is -2.40. The smallest absolute Gasteiger partial charge is 0.245 e. The first kappa shape index (κ1) is 20.9. The summed E-state index contributed by atoms with van der Waals surface area (Å²) in [6, 6.07) is 14.3. The van der Waals surface area contributed by atoms with Crippen molar-refractivity contribution >= 4 is 22.6 Å². The molecular weight excluding hydrogens is 374 g/mol. The summed E-state index contributed by atoms with van der Waals surface area (Å²) in [6.45, 7) is 7.84. The molecule has 2 atom stereocenters. The van der Waals surface area contributed by atoms with Gasteiger partial charge in [-0.1, -0.05) is 56.3 Å². The minimum Gasteiger partial charge on any atom is -0.344 e. The first-order valence-corrected chi connectivity index (χ1v) is 11.3. The number of rotatable bonds is 5. The second-order valence-electron chi connectivity index (χ2n) is 9.12. The largest absolute Gasteiger partial charge is 0.344 e. The van der Waals surface area contributed by atoms with Crippen LogP contribution in [0, 0.1) is 5.92 Å². The van der Waals surface area contributed by atoms with Crippen molar-refractivity contribution in [3.63, 3.8) is 0 Å². The molecule has 5 heteroatoms. The summed E-state index contributed by atoms with van der Waals surface area (Å²) in [5.74, 6) is 0.0428. The van der Waals surface area contributed by atoms with Gasteiger partial charge in [0.25, 0.3) is 0 Å². The third-order valence-corrected chi connectivity index (χ3v) is 6.54. The van der Waals surface area contributed by atoms with Crippen LogP contribution in [0.5, 0.6) is 0 Å². The summed E-state index contributed by atoms with van der Waals surface area (Å²) in [5.41, 5.74) is 0.970. The molecule has 1 N–H and O–H groups in total. The zero-order valence-electron chi connectivity index (χ0n) is 18.1. The normalized spacial score (nSPS) is 20.8. The Morgan fingerprint density at radius 1 is 1.03 bits per heavy atom. The van der Waals surface area contributed by atoms with Crippen molar-refractivity contribution in [1.82, 2.24) is 15.1 Å². The predicted molar refractivity (Wildman–Crippen MR) is 120 cm³/mol. The van der Waals surface area contributed by atoms with Gasteiger partial charge in [-0.05, 0) is 48.1 Å². The van der Waals surface area contributed by atoms with Crippen LogP contribution >= 0.6 is 0 Å². The van der Waals surface area contributed by atoms with E-state index in [0.29, 0.717) is 6.04 Å². The number of nitrogens with zero attached hydrogens (tertiary/aromatic N) is 2. The number of carbonyl (C=O) groups is 2. The molecule has 0 unspecified atom stereocenters. The van der Waals surface area contributed by atoms with Crippen molar-refractivity contribution in [1.29, 1.82) is 0 Å². The molecule has 5 nitrogen and oxygen atoms in total. The molecule has 2 heterocycles. The first-order valence-electron chi connectivity index (χ1n) is 11.3. The summed E-state index contributed by atoms with van der Waals surface area (Å²) in [6.07, 6.45) is 3.70. The van der Waals surface area contributed by atoms with Crippen LogP contribution in [-0.2, 0) is 16.0 Å². The van der Waals surface area contributed by atoms with Crippen LogP contribution in [0.2, 0.25) is 0 Å². The fourth-order valence-corrected chi connectivity index (χ4v) is 4.88. The number of carbonyl (C=O) groups excluding carboxylic acids is 2. The van der Waals surface area contributed by atoms with Crippen molar-refractivity contribution in [3.8, 4) is 0 Å². The summed E-state index contributed by atoms with van der Waals surface area (Å²) < 4.78 is 0. The van der Waals surface area contributed by atoms with Crippen molar-refractivity contribution in [2.24, 2.45) is 5.92 Å². The van der Waals surface area contributed by atoms with Gasteiger partial charge in [-0.3, -0.25) is 14.5 Å². The van der Waals surface area contributed by atoms with Crippen molar-refractivity contribution in [2.45, 2.75) is 51.6 Å². The molecule has 0 saturated carbocycles. The summed E-state index contributed by atoms with van der Waals surface area (Å²) in [7, 11) is 0. The van der Waals surface area contributed by atoms with Gasteiger partial charge < -0.3 is 10.2 Å². The van der Waals surface area contributed by atoms with Crippen LogP contribution in [0.15, 0.2) is 42.5 Å². The van der Waals surface area contributed by atoms with Crippen LogP contribution in [-0.4, -0.2) is 59.9 Å². The van der Waals surface area contributed by atoms with Crippen molar-refractivity contribution in [3.05, 3.63) is 48.0 Å². The molecule has 160 valence electrons. The van der Waals surface area contributed by atoms with Gasteiger partial charge in [0, 0.05) is 25.7 Å². The zero-order chi connectivity index (χ0) is 21.1. The molecule has 0 aromatic heterocycles. The lowest BCUT2D eigenvalue weighted by Crippen LogP contribution is -2.53. The topological polar surface area (TPSA) is 52.7 Å². The molecule has 2 fully saturated rings. The Bertz CT molecular complexity index is 910. The number of hydrogen-bond acceptors (Lipinski definition) is 3. The maximum Gasteiger partial charge on any atom is 0.245 e. The zero-order valence-corrected chi connectivity index (χ0v) is 18.1. The number of amides is 2. The monoisotopic (exact) mass is 407 g/mol. The van der Waals surface area contributed by atoms with Gasteiger partial charge in [0.05, 0.1) is 6.42 Å². The lowest BCUT2D eigenvalue weighted by Gasteiger charge is -2.31. The fraction of sp³-hybridized carbons (Fsp3) is 0.520. The van der Waals surface area contributed by atoms with E-state index in [1.807, 2.05) is 43.0 Å². The molecule has 4 rings (SSSR count). The average molecular weight is 408 g/mol. The van der Waals surface area contributed by atoms with Gasteiger partial charge in [0.15, 0.2) is 0 Å². The maximum absolute atomic E-state index is 13.3. The van der Waals surface area contributed by atoms with Crippen molar-refractivity contribution < 1.29 is 9.59 Å². The van der Waals surface area contributed by atoms with E-state index in [4.69, 9.17) is 0 Å². The van der Waals surface area contributed by atoms with E-state index >= 15 is 0 Å². The van der Waals surface area contributed by atoms with Gasteiger partial charge in [-0.15, -0.1) is 0 Å². The summed E-state index contributed by atoms with van der Waals surface area (Å²) in [4.78, 5) is 30.7. The average Bonchev–Trinajstić information content (AvgIpc) is 3.07. The van der Waals surface area contributed by atoms with Crippen LogP contribution in [0.4, 0.5) is 0 Å². The Balaban J connectivity index is 1.41. The second kappa shape index (κ2) is 9.17. The minimum atomic E-state index is -0.467. The van der Waals surface area contributed by atoms with E-state index in [-0.39, 0.29) is 24.2 Å². The van der Waals surface area contributed by atoms with E-state index < -0.39 is 6.04 Å². The number of nitrogens with one attached hydrogen (secondary N) is 1. The third-order valence-electron chi connectivity index (χ3n) is 6.54. The van der Waals surface area contributed by atoms with Gasteiger partial charge in [-0.2, -0.15) is 0 Å². The van der Waals surface area contributed by atoms with Crippen LogP contribution in [0.1, 0.15) is 38.7 Å². The highest BCUT2D eigenvalue weighted by atomic mass is 16.2. The van der Waals surface area contributed by atoms with Crippen molar-refractivity contribution in [2.75, 3.05) is 26.2 Å². The molecular formula is C25H33N3O2. The van der Waals surface area contributed by atoms with E-state index in [2.05, 4.69) is 28.4 Å². The van der Waals surface area contributed by atoms with E-state index in [1.165, 1.54) is 18.2 Å². The van der Waals surface area contributed by atoms with Crippen LogP contribution in [0.25, 0.3) is 10.8 Å². The fourth-order valence-electron chi connectivity index (χ4n) is 4.88. The minimum absolute atomic E-state index is 0.0565. The Morgan fingerprint density at radius 3 is 2.60 bits per heavy atom. The van der Waals surface area contributed by atoms with E-state index in [0.717, 1.165) is 43.5 Å². The van der Waals surface area contributed by atoms with Gasteiger partial charge >= 0.3 is 0 Å². The Morgan fingerprint density at radius 2 is 1.80 bits per heavy atom. The third kappa shape index (κ3) is 4.67. The van der Waals surface area contributed by atoms with E-state index in [9.17, 15) is 9.59 Å². The molecule has 2 aliphatic rings. The molecule has 2 aromatic carbocycles. The predicted octanol–water partition coefficient (Wildman–Crippen LogP) is 3.22. The summed E-state index contributed by atoms with van der Waals surface area (Å²) >= 11 is 0. The van der Waals surface area contributed by atoms with Gasteiger partial charge in [0.1, 0.15) is 6.04 Å². The maximum atomic E-state index is 13.3. The molecule has 0 bridgehead atoms. The molecule has 30 heavy (non-hydrogen) atoms. The highest BCUT2D eigenvalue weighted by Gasteiger charge is 2.34. The lowest BCUT2D eigenvalue weighted by atomic mass is 10.0. The van der Waals surface area contributed by atoms with Gasteiger partial charge in [0.2, 0.25) is 11.8 Å². The molecule has 2 amide bonds. The summed E-state index contributed by atoms with van der Waals surface area (Å²) in [5, 5.41) is 5.34. The Kier molecular flexibility index (Phi) is 6.38. The molecule has 0 spiro atoms. The number of hydrogen-bond donors (Lipinski definition) is 1. The molecule has 2 aliphatic heterocycles. The first-order chi connectivity index (χ1) is 14.5. The second-order valence-corrected chi connectivity index (χ2v) is 9.12. The molecule has 0 aliphatic carbocycles. The van der Waals surface area contributed by atoms with Crippen LogP contribution in [0.3, 0.4) is 0 Å². The molecule has 2 saturated heterocycles. The van der Waals surface area contributed by atoms with Gasteiger partial charge in [-0.25, -0.2) is 0 Å². The Labute approximate surface area is 179 Å². The number of benzene rings is 2.